The van der Waals surface area contributed by atoms with Gasteiger partial charge in [-0.3, -0.25) is 4.84 Å². The quantitative estimate of drug-likeness (QED) is 0.607. The smallest absolute Gasteiger partial charge is 0.188 e. The van der Waals surface area contributed by atoms with Gasteiger partial charge < -0.3 is 9.52 Å². The van der Waals surface area contributed by atoms with E-state index in [0.717, 1.165) is 0 Å². The average molecular weight is 395 g/mol. The maximum absolute atomic E-state index is 9.39. The van der Waals surface area contributed by atoms with Gasteiger partial charge in [-0.25, -0.2) is 0 Å². The zero-order valence-electron chi connectivity index (χ0n) is 7.02. The first-order chi connectivity index (χ1) is 5.25. The molecule has 0 aromatic carbocycles. The zero-order valence-corrected chi connectivity index (χ0v) is 11.2. The van der Waals surface area contributed by atoms with Gasteiger partial charge in [0.25, 0.3) is 0 Å². The summed E-state index contributed by atoms with van der Waals surface area (Å²) >= 11 is 0. The molecular weight excluding hydrogens is 384 g/mol. The molecule has 1 atom stereocenters. The molecule has 1 N–H and O–H groups in total. The number of rotatable bonds is 3. The Morgan fingerprint density at radius 2 is 2.33 bits per heavy atom. The van der Waals surface area contributed by atoms with E-state index in [-0.39, 0.29) is 31.1 Å². The maximum atomic E-state index is 9.39. The number of furan rings is 1. The fourth-order valence-corrected chi connectivity index (χ4v) is 0.717. The normalized spacial score (nSPS) is 12.7. The molecule has 0 spiro atoms. The molecule has 1 aromatic rings. The predicted molar refractivity (Wildman–Crippen MR) is 38.4 cm³/mol. The molecule has 4 nitrogen and oxygen atoms in total. The molecule has 0 aliphatic rings. The molecule has 1 rings (SSSR count). The molecule has 1 heterocycles. The van der Waals surface area contributed by atoms with Crippen LogP contribution in [0.5, 0.6) is 0 Å². The van der Waals surface area contributed by atoms with Crippen molar-refractivity contribution in [2.75, 3.05) is 14.2 Å². The van der Waals surface area contributed by atoms with Crippen LogP contribution in [0.3, 0.4) is 0 Å². The van der Waals surface area contributed by atoms with E-state index >= 15 is 0 Å². The minimum Gasteiger partial charge on any atom is -0.465 e. The van der Waals surface area contributed by atoms with Gasteiger partial charge in [-0.15, -0.1) is 0 Å². The van der Waals surface area contributed by atoms with Crippen LogP contribution in [-0.4, -0.2) is 24.3 Å². The summed E-state index contributed by atoms with van der Waals surface area (Å²) in [6.45, 7) is 0. The summed E-state index contributed by atoms with van der Waals surface area (Å²) in [4.78, 5) is 4.76. The monoisotopic (exact) mass is 395 g/mol. The summed E-state index contributed by atoms with van der Waals surface area (Å²) in [5, 5.41) is 10.7. The van der Waals surface area contributed by atoms with E-state index in [1.165, 1.54) is 18.4 Å². The fourth-order valence-electron chi connectivity index (χ4n) is 0.717. The minimum atomic E-state index is -0.838. The van der Waals surface area contributed by atoms with Gasteiger partial charge in [0.2, 0.25) is 0 Å². The molecule has 0 radical (unpaired) electrons. The van der Waals surface area contributed by atoms with E-state index in [9.17, 15) is 5.11 Å². The van der Waals surface area contributed by atoms with Gasteiger partial charge in [-0.05, 0) is 12.1 Å². The molecule has 1 unspecified atom stereocenters. The van der Waals surface area contributed by atoms with Crippen molar-refractivity contribution in [1.82, 2.24) is 5.06 Å². The molecule has 1 aromatic heterocycles. The summed E-state index contributed by atoms with van der Waals surface area (Å²) in [6, 6.07) is 3.39. The number of hydrogen-bond donors (Lipinski definition) is 1. The van der Waals surface area contributed by atoms with Crippen LogP contribution in [0.15, 0.2) is 22.8 Å². The number of hydroxylamine groups is 2. The van der Waals surface area contributed by atoms with Crippen molar-refractivity contribution >= 4 is 0 Å². The van der Waals surface area contributed by atoms with Gasteiger partial charge in [0.15, 0.2) is 6.23 Å². The Hall–Kier alpha value is 0.212. The van der Waals surface area contributed by atoms with E-state index < -0.39 is 6.23 Å². The molecule has 12 heavy (non-hydrogen) atoms. The standard InChI is InChI=1S/C7H11NO3.U/c1-8(10-2)7(9)6-4-3-5-11-6;/h3-5,7,9H,1-2H3;. The first-order valence-corrected chi connectivity index (χ1v) is 3.24. The van der Waals surface area contributed by atoms with Crippen molar-refractivity contribution in [2.24, 2.45) is 0 Å². The second-order valence-corrected chi connectivity index (χ2v) is 2.12. The Balaban J connectivity index is 0.00000121. The van der Waals surface area contributed by atoms with Crippen LogP contribution < -0.4 is 0 Å². The molecule has 0 fully saturated rings. The van der Waals surface area contributed by atoms with Gasteiger partial charge in [0.1, 0.15) is 5.76 Å². The van der Waals surface area contributed by atoms with Gasteiger partial charge in [0, 0.05) is 38.2 Å². The van der Waals surface area contributed by atoms with E-state index in [1.807, 2.05) is 0 Å². The first-order valence-electron chi connectivity index (χ1n) is 3.24. The summed E-state index contributed by atoms with van der Waals surface area (Å²) in [5.41, 5.74) is 0. The molecule has 5 heteroatoms. The molecule has 0 bridgehead atoms. The van der Waals surface area contributed by atoms with Crippen LogP contribution >= 0.6 is 0 Å². The Labute approximate surface area is 94.8 Å². The van der Waals surface area contributed by atoms with E-state index in [2.05, 4.69) is 0 Å². The third-order valence-electron chi connectivity index (χ3n) is 1.43. The van der Waals surface area contributed by atoms with Crippen molar-refractivity contribution in [1.29, 1.82) is 0 Å². The maximum Gasteiger partial charge on any atom is 0.188 e. The topological polar surface area (TPSA) is 45.8 Å². The number of hydrogen-bond acceptors (Lipinski definition) is 4. The van der Waals surface area contributed by atoms with Crippen molar-refractivity contribution in [3.63, 3.8) is 0 Å². The minimum absolute atomic E-state index is 0. The molecule has 0 aliphatic carbocycles. The summed E-state index contributed by atoms with van der Waals surface area (Å²) in [7, 11) is 3.10. The molecular formula is C7H11NO3U. The second-order valence-electron chi connectivity index (χ2n) is 2.12. The van der Waals surface area contributed by atoms with Crippen LogP contribution in [0.1, 0.15) is 12.0 Å². The van der Waals surface area contributed by atoms with Crippen molar-refractivity contribution < 1.29 is 45.5 Å². The van der Waals surface area contributed by atoms with Crippen molar-refractivity contribution in [3.05, 3.63) is 24.2 Å². The third kappa shape index (κ3) is 2.93. The first kappa shape index (κ1) is 12.2. The third-order valence-corrected chi connectivity index (χ3v) is 1.43. The predicted octanol–water partition coefficient (Wildman–Crippen LogP) is 0.764. The molecule has 0 saturated heterocycles. The van der Waals surface area contributed by atoms with Crippen LogP contribution in [0, 0.1) is 31.1 Å². The Kier molecular flexibility index (Phi) is 5.89. The summed E-state index contributed by atoms with van der Waals surface area (Å²) in [5.74, 6) is 0.467. The molecule has 0 aliphatic heterocycles. The van der Waals surface area contributed by atoms with Gasteiger partial charge in [-0.1, -0.05) is 0 Å². The number of aliphatic hydroxyl groups excluding tert-OH is 1. The van der Waals surface area contributed by atoms with Crippen LogP contribution in [0.25, 0.3) is 0 Å². The number of nitrogens with zero attached hydrogens (tertiary/aromatic N) is 1. The van der Waals surface area contributed by atoms with Gasteiger partial charge in [-0.2, -0.15) is 5.06 Å². The Morgan fingerprint density at radius 3 is 2.75 bits per heavy atom. The molecule has 66 valence electrons. The van der Waals surface area contributed by atoms with Crippen LogP contribution in [0.4, 0.5) is 0 Å². The van der Waals surface area contributed by atoms with Gasteiger partial charge >= 0.3 is 0 Å². The summed E-state index contributed by atoms with van der Waals surface area (Å²) in [6.07, 6.45) is 0.664. The molecule has 0 amide bonds. The van der Waals surface area contributed by atoms with Crippen LogP contribution in [0.2, 0.25) is 0 Å². The zero-order chi connectivity index (χ0) is 8.27. The average Bonchev–Trinajstić information content (AvgIpc) is 2.53. The van der Waals surface area contributed by atoms with Crippen molar-refractivity contribution in [2.45, 2.75) is 6.23 Å². The van der Waals surface area contributed by atoms with Crippen molar-refractivity contribution in [3.8, 4) is 0 Å². The van der Waals surface area contributed by atoms with E-state index in [1.54, 1.807) is 19.2 Å². The Morgan fingerprint density at radius 1 is 1.67 bits per heavy atom. The number of aliphatic hydroxyl groups is 1. The Bertz CT molecular complexity index is 202. The molecule has 0 saturated carbocycles. The summed E-state index contributed by atoms with van der Waals surface area (Å²) < 4.78 is 4.95. The fraction of sp³-hybridized carbons (Fsp3) is 0.429. The van der Waals surface area contributed by atoms with E-state index in [0.29, 0.717) is 5.76 Å². The van der Waals surface area contributed by atoms with E-state index in [4.69, 9.17) is 9.25 Å². The SMILES string of the molecule is CON(C)C(O)c1ccco1.[U]. The second kappa shape index (κ2) is 5.79. The largest absolute Gasteiger partial charge is 0.465 e. The van der Waals surface area contributed by atoms with Crippen LogP contribution in [-0.2, 0) is 4.84 Å². The van der Waals surface area contributed by atoms with Gasteiger partial charge in [0.05, 0.1) is 13.4 Å².